The smallest absolute Gasteiger partial charge is 0.377 e. The molecule has 0 saturated heterocycles. The molecule has 1 aromatic rings. The second-order valence-electron chi connectivity index (χ2n) is 2.95. The number of hydrogen-bond donors (Lipinski definition) is 2. The highest BCUT2D eigenvalue weighted by molar-refractivity contribution is 9.10. The lowest BCUT2D eigenvalue weighted by atomic mass is 10.1. The Morgan fingerprint density at radius 2 is 2.06 bits per heavy atom. The van der Waals surface area contributed by atoms with Gasteiger partial charge in [-0.1, -0.05) is 0 Å². The molecule has 0 saturated carbocycles. The number of carbonyl (C=O) groups is 2. The lowest BCUT2D eigenvalue weighted by Gasteiger charge is -2.06. The third-order valence-electron chi connectivity index (χ3n) is 2.01. The highest BCUT2D eigenvalue weighted by Crippen LogP contribution is 2.44. The summed E-state index contributed by atoms with van der Waals surface area (Å²) in [4.78, 5) is 22.0. The first-order chi connectivity index (χ1) is 7.52. The van der Waals surface area contributed by atoms with E-state index in [2.05, 4.69) is 15.9 Å². The summed E-state index contributed by atoms with van der Waals surface area (Å²) in [6.07, 6.45) is 0. The Bertz CT molecular complexity index is 495. The standard InChI is InChI=1S/C9H5BrO6/c10-3-1-4-8(16-2-15-4)5(6(3)11)7(12)9(13)14/h1,11H,2H2,(H,13,14). The molecule has 0 amide bonds. The zero-order valence-electron chi connectivity index (χ0n) is 7.69. The van der Waals surface area contributed by atoms with E-state index >= 15 is 0 Å². The van der Waals surface area contributed by atoms with Crippen LogP contribution in [0, 0.1) is 0 Å². The van der Waals surface area contributed by atoms with Crippen molar-refractivity contribution in [2.45, 2.75) is 0 Å². The van der Waals surface area contributed by atoms with Crippen molar-refractivity contribution in [3.05, 3.63) is 16.1 Å². The van der Waals surface area contributed by atoms with Crippen molar-refractivity contribution in [2.75, 3.05) is 6.79 Å². The summed E-state index contributed by atoms with van der Waals surface area (Å²) < 4.78 is 10.1. The molecule has 0 aliphatic carbocycles. The maximum atomic E-state index is 11.4. The lowest BCUT2D eigenvalue weighted by Crippen LogP contribution is -2.13. The van der Waals surface area contributed by atoms with Crippen LogP contribution in [-0.2, 0) is 4.79 Å². The predicted octanol–water partition coefficient (Wildman–Crippen LogP) is 1.15. The van der Waals surface area contributed by atoms with Gasteiger partial charge in [-0.05, 0) is 15.9 Å². The number of hydrogen-bond acceptors (Lipinski definition) is 5. The van der Waals surface area contributed by atoms with E-state index in [1.54, 1.807) is 0 Å². The minimum atomic E-state index is -1.67. The van der Waals surface area contributed by atoms with Gasteiger partial charge in [0, 0.05) is 6.07 Å². The van der Waals surface area contributed by atoms with Crippen molar-refractivity contribution in [1.29, 1.82) is 0 Å². The van der Waals surface area contributed by atoms with Gasteiger partial charge in [0.2, 0.25) is 6.79 Å². The molecule has 0 spiro atoms. The number of ketones is 1. The van der Waals surface area contributed by atoms with E-state index in [1.165, 1.54) is 6.07 Å². The van der Waals surface area contributed by atoms with Gasteiger partial charge in [-0.25, -0.2) is 4.79 Å². The first-order valence-corrected chi connectivity index (χ1v) is 4.90. The Kier molecular flexibility index (Phi) is 2.47. The van der Waals surface area contributed by atoms with E-state index in [0.717, 1.165) is 0 Å². The van der Waals surface area contributed by atoms with Gasteiger partial charge in [-0.15, -0.1) is 0 Å². The molecule has 0 atom stereocenters. The van der Waals surface area contributed by atoms with Gasteiger partial charge in [0.1, 0.15) is 11.3 Å². The second kappa shape index (κ2) is 3.67. The summed E-state index contributed by atoms with van der Waals surface area (Å²) >= 11 is 2.99. The highest BCUT2D eigenvalue weighted by Gasteiger charge is 2.31. The summed E-state index contributed by atoms with van der Waals surface area (Å²) in [5.74, 6) is -3.23. The molecule has 0 bridgehead atoms. The van der Waals surface area contributed by atoms with Crippen molar-refractivity contribution in [3.8, 4) is 17.2 Å². The fraction of sp³-hybridized carbons (Fsp3) is 0.111. The maximum Gasteiger partial charge on any atom is 0.377 e. The van der Waals surface area contributed by atoms with Crippen LogP contribution in [0.2, 0.25) is 0 Å². The molecule has 2 rings (SSSR count). The van der Waals surface area contributed by atoms with Crippen LogP contribution in [0.15, 0.2) is 10.5 Å². The number of halogens is 1. The zero-order valence-corrected chi connectivity index (χ0v) is 9.28. The number of ether oxygens (including phenoxy) is 2. The Morgan fingerprint density at radius 1 is 1.38 bits per heavy atom. The number of aliphatic carboxylic acids is 1. The molecule has 1 heterocycles. The maximum absolute atomic E-state index is 11.4. The number of carboxylic acid groups (broad SMARTS) is 1. The number of phenolic OH excluding ortho intramolecular Hbond substituents is 1. The van der Waals surface area contributed by atoms with E-state index in [-0.39, 0.29) is 22.8 Å². The van der Waals surface area contributed by atoms with Crippen molar-refractivity contribution in [2.24, 2.45) is 0 Å². The Labute approximate surface area is 97.5 Å². The molecule has 84 valence electrons. The largest absolute Gasteiger partial charge is 0.506 e. The molecule has 0 radical (unpaired) electrons. The van der Waals surface area contributed by atoms with Crippen LogP contribution in [0.1, 0.15) is 10.4 Å². The normalized spacial score (nSPS) is 12.6. The molecule has 7 heteroatoms. The minimum absolute atomic E-state index is 0.0481. The number of benzene rings is 1. The van der Waals surface area contributed by atoms with E-state index in [1.807, 2.05) is 0 Å². The van der Waals surface area contributed by atoms with Crippen LogP contribution in [0.4, 0.5) is 0 Å². The molecular weight excluding hydrogens is 284 g/mol. The topological polar surface area (TPSA) is 93.1 Å². The fourth-order valence-electron chi connectivity index (χ4n) is 1.32. The number of carbonyl (C=O) groups excluding carboxylic acids is 1. The second-order valence-corrected chi connectivity index (χ2v) is 3.80. The van der Waals surface area contributed by atoms with Gasteiger partial charge in [-0.2, -0.15) is 0 Å². The molecule has 0 fully saturated rings. The molecule has 0 aromatic heterocycles. The van der Waals surface area contributed by atoms with E-state index in [4.69, 9.17) is 14.6 Å². The summed E-state index contributed by atoms with van der Waals surface area (Å²) in [5, 5.41) is 18.2. The van der Waals surface area contributed by atoms with Gasteiger partial charge in [0.25, 0.3) is 5.78 Å². The van der Waals surface area contributed by atoms with Gasteiger partial charge < -0.3 is 19.7 Å². The average molecular weight is 289 g/mol. The van der Waals surface area contributed by atoms with Gasteiger partial charge in [-0.3, -0.25) is 4.79 Å². The third kappa shape index (κ3) is 1.49. The number of phenols is 1. The van der Waals surface area contributed by atoms with Gasteiger partial charge in [0.05, 0.1) is 4.47 Å². The molecule has 1 aliphatic rings. The summed E-state index contributed by atoms with van der Waals surface area (Å²) in [6.45, 7) is -0.120. The average Bonchev–Trinajstić information content (AvgIpc) is 2.66. The minimum Gasteiger partial charge on any atom is -0.506 e. The first-order valence-electron chi connectivity index (χ1n) is 4.11. The first kappa shape index (κ1) is 10.7. The highest BCUT2D eigenvalue weighted by atomic mass is 79.9. The predicted molar refractivity (Wildman–Crippen MR) is 53.9 cm³/mol. The quantitative estimate of drug-likeness (QED) is 0.626. The molecule has 2 N–H and O–H groups in total. The number of aromatic hydroxyl groups is 1. The molecule has 16 heavy (non-hydrogen) atoms. The van der Waals surface area contributed by atoms with E-state index in [9.17, 15) is 14.7 Å². The summed E-state index contributed by atoms with van der Waals surface area (Å²) in [5.41, 5.74) is -0.408. The van der Waals surface area contributed by atoms with Crippen LogP contribution in [-0.4, -0.2) is 28.8 Å². The van der Waals surface area contributed by atoms with E-state index < -0.39 is 23.1 Å². The molecule has 1 aromatic carbocycles. The van der Waals surface area contributed by atoms with Crippen LogP contribution in [0.3, 0.4) is 0 Å². The molecule has 0 unspecified atom stereocenters. The zero-order chi connectivity index (χ0) is 11.9. The van der Waals surface area contributed by atoms with Crippen molar-refractivity contribution in [1.82, 2.24) is 0 Å². The molecule has 6 nitrogen and oxygen atoms in total. The van der Waals surface area contributed by atoms with Gasteiger partial charge in [0.15, 0.2) is 11.5 Å². The Morgan fingerprint density at radius 3 is 2.69 bits per heavy atom. The fourth-order valence-corrected chi connectivity index (χ4v) is 1.73. The number of carboxylic acids is 1. The van der Waals surface area contributed by atoms with Crippen LogP contribution < -0.4 is 9.47 Å². The van der Waals surface area contributed by atoms with Crippen molar-refractivity contribution < 1.29 is 29.3 Å². The Hall–Kier alpha value is -1.76. The SMILES string of the molecule is O=C(O)C(=O)c1c(O)c(Br)cc2c1OCO2. The molecule has 1 aliphatic heterocycles. The van der Waals surface area contributed by atoms with Crippen molar-refractivity contribution in [3.63, 3.8) is 0 Å². The lowest BCUT2D eigenvalue weighted by molar-refractivity contribution is -0.131. The molecular formula is C9H5BrO6. The Balaban J connectivity index is 2.68. The van der Waals surface area contributed by atoms with E-state index in [0.29, 0.717) is 0 Å². The number of fused-ring (bicyclic) bond motifs is 1. The van der Waals surface area contributed by atoms with Crippen LogP contribution >= 0.6 is 15.9 Å². The number of Topliss-reactive ketones (excluding diaryl/α,β-unsaturated/α-hetero) is 1. The van der Waals surface area contributed by atoms with Crippen LogP contribution in [0.25, 0.3) is 0 Å². The number of rotatable bonds is 2. The summed E-state index contributed by atoms with van der Waals surface area (Å²) in [6, 6.07) is 1.40. The van der Waals surface area contributed by atoms with Crippen molar-refractivity contribution >= 4 is 27.7 Å². The summed E-state index contributed by atoms with van der Waals surface area (Å²) in [7, 11) is 0. The van der Waals surface area contributed by atoms with Gasteiger partial charge >= 0.3 is 5.97 Å². The van der Waals surface area contributed by atoms with Crippen LogP contribution in [0.5, 0.6) is 17.2 Å². The third-order valence-corrected chi connectivity index (χ3v) is 2.62. The monoisotopic (exact) mass is 288 g/mol.